The monoisotopic (exact) mass is 337 g/mol. The first-order chi connectivity index (χ1) is 10.9. The molecular weight excluding hydrogens is 323 g/mol. The molecule has 1 heterocycles. The van der Waals surface area contributed by atoms with E-state index >= 15 is 0 Å². The molecule has 0 fully saturated rings. The SMILES string of the molecule is O=C(N[C@@H]1CCSc2ccccc21)c1ccc(C(F)(F)F)cc1. The summed E-state index contributed by atoms with van der Waals surface area (Å²) in [5.74, 6) is 0.542. The summed E-state index contributed by atoms with van der Waals surface area (Å²) in [6.45, 7) is 0. The third-order valence-corrected chi connectivity index (χ3v) is 4.86. The number of nitrogens with one attached hydrogen (secondary N) is 1. The molecular formula is C17H14F3NOS. The quantitative estimate of drug-likeness (QED) is 0.863. The van der Waals surface area contributed by atoms with Gasteiger partial charge in [0.2, 0.25) is 0 Å². The molecule has 0 spiro atoms. The number of thioether (sulfide) groups is 1. The predicted molar refractivity (Wildman–Crippen MR) is 83.4 cm³/mol. The van der Waals surface area contributed by atoms with E-state index in [2.05, 4.69) is 5.32 Å². The molecule has 120 valence electrons. The summed E-state index contributed by atoms with van der Waals surface area (Å²) in [6.07, 6.45) is -3.59. The summed E-state index contributed by atoms with van der Waals surface area (Å²) in [7, 11) is 0. The van der Waals surface area contributed by atoms with Crippen LogP contribution in [0.1, 0.15) is 33.9 Å². The van der Waals surface area contributed by atoms with Crippen LogP contribution in [0.4, 0.5) is 13.2 Å². The Morgan fingerprint density at radius 3 is 2.48 bits per heavy atom. The number of amides is 1. The van der Waals surface area contributed by atoms with Gasteiger partial charge in [0.05, 0.1) is 11.6 Å². The van der Waals surface area contributed by atoms with Crippen LogP contribution < -0.4 is 5.32 Å². The van der Waals surface area contributed by atoms with Crippen molar-refractivity contribution in [3.05, 3.63) is 65.2 Å². The summed E-state index contributed by atoms with van der Waals surface area (Å²) >= 11 is 1.74. The van der Waals surface area contributed by atoms with Crippen LogP contribution in [0.25, 0.3) is 0 Å². The Bertz CT molecular complexity index is 713. The molecule has 1 atom stereocenters. The minimum atomic E-state index is -4.39. The summed E-state index contributed by atoms with van der Waals surface area (Å²) in [4.78, 5) is 13.4. The van der Waals surface area contributed by atoms with Crippen molar-refractivity contribution < 1.29 is 18.0 Å². The van der Waals surface area contributed by atoms with Crippen LogP contribution in [0.15, 0.2) is 53.4 Å². The summed E-state index contributed by atoms with van der Waals surface area (Å²) in [5.41, 5.74) is 0.534. The Hall–Kier alpha value is -1.95. The van der Waals surface area contributed by atoms with Gasteiger partial charge < -0.3 is 5.32 Å². The molecule has 0 saturated heterocycles. The van der Waals surface area contributed by atoms with E-state index in [1.165, 1.54) is 12.1 Å². The number of rotatable bonds is 2. The smallest absolute Gasteiger partial charge is 0.345 e. The normalized spacial score (nSPS) is 17.4. The van der Waals surface area contributed by atoms with E-state index in [4.69, 9.17) is 0 Å². The van der Waals surface area contributed by atoms with Crippen molar-refractivity contribution in [2.45, 2.75) is 23.5 Å². The zero-order chi connectivity index (χ0) is 16.4. The molecule has 23 heavy (non-hydrogen) atoms. The second-order valence-corrected chi connectivity index (χ2v) is 6.41. The van der Waals surface area contributed by atoms with E-state index in [-0.39, 0.29) is 17.5 Å². The molecule has 0 radical (unpaired) electrons. The molecule has 6 heteroatoms. The Balaban J connectivity index is 1.75. The van der Waals surface area contributed by atoms with Gasteiger partial charge in [0.1, 0.15) is 0 Å². The molecule has 1 aliphatic heterocycles. The Kier molecular flexibility index (Phi) is 4.35. The zero-order valence-electron chi connectivity index (χ0n) is 12.1. The fourth-order valence-corrected chi connectivity index (χ4v) is 3.67. The van der Waals surface area contributed by atoms with E-state index in [1.807, 2.05) is 24.3 Å². The maximum absolute atomic E-state index is 12.6. The maximum Gasteiger partial charge on any atom is 0.416 e. The molecule has 1 aliphatic rings. The number of alkyl halides is 3. The van der Waals surface area contributed by atoms with Gasteiger partial charge in [0, 0.05) is 16.2 Å². The lowest BCUT2D eigenvalue weighted by atomic mass is 10.0. The van der Waals surface area contributed by atoms with Gasteiger partial charge >= 0.3 is 6.18 Å². The summed E-state index contributed by atoms with van der Waals surface area (Å²) < 4.78 is 37.7. The molecule has 0 aromatic heterocycles. The molecule has 2 nitrogen and oxygen atoms in total. The minimum absolute atomic E-state index is 0.109. The van der Waals surface area contributed by atoms with Gasteiger partial charge in [0.25, 0.3) is 5.91 Å². The van der Waals surface area contributed by atoms with Crippen LogP contribution >= 0.6 is 11.8 Å². The molecule has 1 amide bonds. The first kappa shape index (κ1) is 15.9. The van der Waals surface area contributed by atoms with Crippen molar-refractivity contribution in [1.82, 2.24) is 5.32 Å². The number of hydrogen-bond acceptors (Lipinski definition) is 2. The predicted octanol–water partition coefficient (Wildman–Crippen LogP) is 4.67. The van der Waals surface area contributed by atoms with Gasteiger partial charge in [-0.2, -0.15) is 13.2 Å². The minimum Gasteiger partial charge on any atom is -0.345 e. The van der Waals surface area contributed by atoms with Gasteiger partial charge in [-0.3, -0.25) is 4.79 Å². The van der Waals surface area contributed by atoms with Crippen molar-refractivity contribution >= 4 is 17.7 Å². The number of hydrogen-bond donors (Lipinski definition) is 1. The van der Waals surface area contributed by atoms with Gasteiger partial charge in [-0.1, -0.05) is 18.2 Å². The lowest BCUT2D eigenvalue weighted by molar-refractivity contribution is -0.137. The number of fused-ring (bicyclic) bond motifs is 1. The van der Waals surface area contributed by atoms with Crippen molar-refractivity contribution in [1.29, 1.82) is 0 Å². The van der Waals surface area contributed by atoms with Crippen LogP contribution in [0.3, 0.4) is 0 Å². The van der Waals surface area contributed by atoms with Crippen LogP contribution in [0.2, 0.25) is 0 Å². The average Bonchev–Trinajstić information content (AvgIpc) is 2.54. The zero-order valence-corrected chi connectivity index (χ0v) is 12.9. The van der Waals surface area contributed by atoms with Crippen molar-refractivity contribution in [3.8, 4) is 0 Å². The second-order valence-electron chi connectivity index (χ2n) is 5.28. The molecule has 2 aromatic carbocycles. The molecule has 0 saturated carbocycles. The second kappa shape index (κ2) is 6.28. The summed E-state index contributed by atoms with van der Waals surface area (Å²) in [6, 6.07) is 12.0. The van der Waals surface area contributed by atoms with E-state index in [9.17, 15) is 18.0 Å². The highest BCUT2D eigenvalue weighted by atomic mass is 32.2. The number of benzene rings is 2. The highest BCUT2D eigenvalue weighted by Crippen LogP contribution is 2.36. The number of carbonyl (C=O) groups excluding carboxylic acids is 1. The van der Waals surface area contributed by atoms with Crippen LogP contribution in [0, 0.1) is 0 Å². The third-order valence-electron chi connectivity index (χ3n) is 3.74. The fourth-order valence-electron chi connectivity index (χ4n) is 2.54. The molecule has 3 rings (SSSR count). The lowest BCUT2D eigenvalue weighted by Gasteiger charge is -2.26. The average molecular weight is 337 g/mol. The van der Waals surface area contributed by atoms with E-state index in [0.29, 0.717) is 0 Å². The first-order valence-corrected chi connectivity index (χ1v) is 8.13. The van der Waals surface area contributed by atoms with E-state index in [1.54, 1.807) is 11.8 Å². The standard InChI is InChI=1S/C17H14F3NOS/c18-17(19,20)12-7-5-11(6-8-12)16(22)21-14-9-10-23-15-4-2-1-3-13(14)15/h1-8,14H,9-10H2,(H,21,22)/t14-/m1/s1. The molecule has 2 aromatic rings. The topological polar surface area (TPSA) is 29.1 Å². The van der Waals surface area contributed by atoms with Crippen molar-refractivity contribution in [2.24, 2.45) is 0 Å². The van der Waals surface area contributed by atoms with Gasteiger partial charge in [-0.25, -0.2) is 0 Å². The Morgan fingerprint density at radius 1 is 1.09 bits per heavy atom. The van der Waals surface area contributed by atoms with Crippen molar-refractivity contribution in [2.75, 3.05) is 5.75 Å². The van der Waals surface area contributed by atoms with Crippen LogP contribution in [0.5, 0.6) is 0 Å². The molecule has 0 aliphatic carbocycles. The molecule has 0 unspecified atom stereocenters. The Morgan fingerprint density at radius 2 is 1.78 bits per heavy atom. The van der Waals surface area contributed by atoms with Crippen LogP contribution in [-0.2, 0) is 6.18 Å². The number of halogens is 3. The highest BCUT2D eigenvalue weighted by Gasteiger charge is 2.30. The third kappa shape index (κ3) is 3.52. The molecule has 1 N–H and O–H groups in total. The van der Waals surface area contributed by atoms with Gasteiger partial charge in [-0.15, -0.1) is 11.8 Å². The fraction of sp³-hybridized carbons (Fsp3) is 0.235. The van der Waals surface area contributed by atoms with Gasteiger partial charge in [-0.05, 0) is 42.3 Å². The first-order valence-electron chi connectivity index (χ1n) is 7.15. The highest BCUT2D eigenvalue weighted by molar-refractivity contribution is 7.99. The Labute approximate surface area is 136 Å². The lowest BCUT2D eigenvalue weighted by Crippen LogP contribution is -2.30. The van der Waals surface area contributed by atoms with Gasteiger partial charge in [0.15, 0.2) is 0 Å². The van der Waals surface area contributed by atoms with Crippen molar-refractivity contribution in [3.63, 3.8) is 0 Å². The van der Waals surface area contributed by atoms with E-state index < -0.39 is 11.7 Å². The largest absolute Gasteiger partial charge is 0.416 e. The maximum atomic E-state index is 12.6. The van der Waals surface area contributed by atoms with E-state index in [0.717, 1.165) is 34.8 Å². The molecule has 0 bridgehead atoms. The number of carbonyl (C=O) groups is 1. The van der Waals surface area contributed by atoms with Crippen LogP contribution in [-0.4, -0.2) is 11.7 Å². The summed E-state index contributed by atoms with van der Waals surface area (Å²) in [5, 5.41) is 2.92.